The highest BCUT2D eigenvalue weighted by molar-refractivity contribution is 6.04. The molecule has 0 spiro atoms. The van der Waals surface area contributed by atoms with E-state index >= 15 is 0 Å². The number of hydrogen-bond donors (Lipinski definition) is 2. The van der Waals surface area contributed by atoms with Crippen LogP contribution in [0.5, 0.6) is 0 Å². The number of benzene rings is 2. The van der Waals surface area contributed by atoms with Gasteiger partial charge in [-0.3, -0.25) is 24.5 Å². The predicted octanol–water partition coefficient (Wildman–Crippen LogP) is 4.46. The number of nitrogens with zero attached hydrogens (tertiary/aromatic N) is 3. The SMILES string of the molecule is Cc1cccc(CN2C(=O)O[C@H](c3ccc(NC(=O)c4cccnc4)cc3)[C@@H]2C(=O)NCCc2ccccn2)c1. The molecule has 4 aromatic rings. The molecular weight excluding hydrogens is 506 g/mol. The number of ether oxygens (including phenoxy) is 1. The Hall–Kier alpha value is -5.05. The van der Waals surface area contributed by atoms with Crippen molar-refractivity contribution in [2.45, 2.75) is 32.0 Å². The van der Waals surface area contributed by atoms with Crippen molar-refractivity contribution in [2.24, 2.45) is 0 Å². The Bertz CT molecular complexity index is 1480. The van der Waals surface area contributed by atoms with Crippen molar-refractivity contribution in [3.8, 4) is 0 Å². The van der Waals surface area contributed by atoms with E-state index in [1.54, 1.807) is 48.8 Å². The van der Waals surface area contributed by atoms with Crippen LogP contribution in [0.15, 0.2) is 97.5 Å². The minimum atomic E-state index is -0.882. The lowest BCUT2D eigenvalue weighted by atomic mass is 10.00. The van der Waals surface area contributed by atoms with Crippen molar-refractivity contribution in [2.75, 3.05) is 11.9 Å². The van der Waals surface area contributed by atoms with Gasteiger partial charge in [-0.05, 0) is 54.4 Å². The Kier molecular flexibility index (Phi) is 8.10. The van der Waals surface area contributed by atoms with E-state index in [-0.39, 0.29) is 18.4 Å². The zero-order chi connectivity index (χ0) is 27.9. The van der Waals surface area contributed by atoms with Crippen molar-refractivity contribution < 1.29 is 19.1 Å². The summed E-state index contributed by atoms with van der Waals surface area (Å²) in [4.78, 5) is 48.8. The van der Waals surface area contributed by atoms with Gasteiger partial charge in [-0.1, -0.05) is 48.0 Å². The number of anilines is 1. The number of aromatic nitrogens is 2. The largest absolute Gasteiger partial charge is 0.438 e. The summed E-state index contributed by atoms with van der Waals surface area (Å²) in [6, 6.07) is 22.9. The van der Waals surface area contributed by atoms with Gasteiger partial charge in [-0.25, -0.2) is 4.79 Å². The molecule has 0 bridgehead atoms. The summed E-state index contributed by atoms with van der Waals surface area (Å²) < 4.78 is 5.77. The zero-order valence-corrected chi connectivity index (χ0v) is 22.0. The van der Waals surface area contributed by atoms with E-state index in [0.717, 1.165) is 16.8 Å². The van der Waals surface area contributed by atoms with Crippen molar-refractivity contribution in [1.82, 2.24) is 20.2 Å². The predicted molar refractivity (Wildman–Crippen MR) is 149 cm³/mol. The number of amides is 3. The maximum atomic E-state index is 13.5. The highest BCUT2D eigenvalue weighted by Crippen LogP contribution is 2.34. The van der Waals surface area contributed by atoms with Gasteiger partial charge in [0.2, 0.25) is 5.91 Å². The topological polar surface area (TPSA) is 114 Å². The molecule has 2 atom stereocenters. The molecule has 202 valence electrons. The maximum Gasteiger partial charge on any atom is 0.411 e. The van der Waals surface area contributed by atoms with Gasteiger partial charge in [0, 0.05) is 42.9 Å². The Balaban J connectivity index is 1.34. The number of pyridine rings is 2. The van der Waals surface area contributed by atoms with Crippen LogP contribution in [-0.2, 0) is 22.5 Å². The third kappa shape index (κ3) is 6.32. The van der Waals surface area contributed by atoms with Crippen LogP contribution in [-0.4, -0.2) is 45.4 Å². The lowest BCUT2D eigenvalue weighted by molar-refractivity contribution is -0.126. The van der Waals surface area contributed by atoms with E-state index in [1.165, 1.54) is 11.1 Å². The lowest BCUT2D eigenvalue weighted by Gasteiger charge is -2.24. The van der Waals surface area contributed by atoms with Gasteiger partial charge in [-0.2, -0.15) is 0 Å². The number of cyclic esters (lactones) is 1. The van der Waals surface area contributed by atoms with E-state index in [9.17, 15) is 14.4 Å². The molecule has 1 aliphatic rings. The first-order valence-electron chi connectivity index (χ1n) is 13.0. The molecule has 40 heavy (non-hydrogen) atoms. The molecular formula is C31H29N5O4. The average Bonchev–Trinajstić information content (AvgIpc) is 3.30. The Morgan fingerprint density at radius 2 is 1.82 bits per heavy atom. The fourth-order valence-corrected chi connectivity index (χ4v) is 4.64. The van der Waals surface area contributed by atoms with Gasteiger partial charge in [-0.15, -0.1) is 0 Å². The minimum absolute atomic E-state index is 0.231. The lowest BCUT2D eigenvalue weighted by Crippen LogP contribution is -2.46. The molecule has 5 rings (SSSR count). The summed E-state index contributed by atoms with van der Waals surface area (Å²) in [5.74, 6) is -0.601. The highest BCUT2D eigenvalue weighted by Gasteiger charge is 2.46. The fourth-order valence-electron chi connectivity index (χ4n) is 4.64. The van der Waals surface area contributed by atoms with Gasteiger partial charge in [0.1, 0.15) is 0 Å². The highest BCUT2D eigenvalue weighted by atomic mass is 16.6. The van der Waals surface area contributed by atoms with E-state index < -0.39 is 18.2 Å². The molecule has 1 fully saturated rings. The van der Waals surface area contributed by atoms with Crippen molar-refractivity contribution in [3.05, 3.63) is 125 Å². The molecule has 0 aliphatic carbocycles. The Morgan fingerprint density at radius 1 is 0.975 bits per heavy atom. The van der Waals surface area contributed by atoms with Crippen LogP contribution in [0.3, 0.4) is 0 Å². The summed E-state index contributed by atoms with van der Waals surface area (Å²) in [6.45, 7) is 2.57. The molecule has 2 aromatic carbocycles. The monoisotopic (exact) mass is 535 g/mol. The van der Waals surface area contributed by atoms with E-state index in [0.29, 0.717) is 29.8 Å². The molecule has 2 N–H and O–H groups in total. The maximum absolute atomic E-state index is 13.5. The third-order valence-corrected chi connectivity index (χ3v) is 6.62. The second-order valence-corrected chi connectivity index (χ2v) is 9.55. The molecule has 1 saturated heterocycles. The van der Waals surface area contributed by atoms with E-state index in [2.05, 4.69) is 20.6 Å². The van der Waals surface area contributed by atoms with Crippen LogP contribution in [0.25, 0.3) is 0 Å². The van der Waals surface area contributed by atoms with Crippen LogP contribution < -0.4 is 10.6 Å². The van der Waals surface area contributed by atoms with Crippen LogP contribution in [0.2, 0.25) is 0 Å². The van der Waals surface area contributed by atoms with Crippen LogP contribution in [0.4, 0.5) is 10.5 Å². The minimum Gasteiger partial charge on any atom is -0.438 e. The van der Waals surface area contributed by atoms with Gasteiger partial charge in [0.25, 0.3) is 5.91 Å². The average molecular weight is 536 g/mol. The molecule has 1 aliphatic heterocycles. The summed E-state index contributed by atoms with van der Waals surface area (Å²) in [5, 5.41) is 5.79. The summed E-state index contributed by atoms with van der Waals surface area (Å²) in [6.07, 6.45) is 3.97. The molecule has 0 unspecified atom stereocenters. The molecule has 0 radical (unpaired) electrons. The summed E-state index contributed by atoms with van der Waals surface area (Å²) in [7, 11) is 0. The van der Waals surface area contributed by atoms with Gasteiger partial charge in [0.15, 0.2) is 12.1 Å². The standard InChI is InChI=1S/C31H29N5O4/c1-21-6-4-7-22(18-21)20-36-27(30(38)34-17-14-25-9-2-3-16-33-25)28(40-31(36)39)23-10-12-26(13-11-23)35-29(37)24-8-5-15-32-19-24/h2-13,15-16,18-19,27-28H,14,17,20H2,1H3,(H,34,38)(H,35,37)/t27-,28-/m1/s1. The second kappa shape index (κ2) is 12.2. The summed E-state index contributed by atoms with van der Waals surface area (Å²) in [5.41, 5.74) is 4.46. The zero-order valence-electron chi connectivity index (χ0n) is 22.0. The van der Waals surface area contributed by atoms with Crippen LogP contribution >= 0.6 is 0 Å². The van der Waals surface area contributed by atoms with Crippen molar-refractivity contribution in [1.29, 1.82) is 0 Å². The summed E-state index contributed by atoms with van der Waals surface area (Å²) >= 11 is 0. The first kappa shape index (κ1) is 26.6. The molecule has 9 heteroatoms. The normalized spacial score (nSPS) is 16.3. The quantitative estimate of drug-likeness (QED) is 0.327. The van der Waals surface area contributed by atoms with Crippen LogP contribution in [0, 0.1) is 6.92 Å². The number of hydrogen-bond acceptors (Lipinski definition) is 6. The van der Waals surface area contributed by atoms with Gasteiger partial charge >= 0.3 is 6.09 Å². The molecule has 9 nitrogen and oxygen atoms in total. The van der Waals surface area contributed by atoms with Gasteiger partial charge in [0.05, 0.1) is 12.1 Å². The van der Waals surface area contributed by atoms with E-state index in [1.807, 2.05) is 49.4 Å². The number of nitrogens with one attached hydrogen (secondary N) is 2. The first-order chi connectivity index (χ1) is 19.5. The molecule has 3 amide bonds. The Labute approximate surface area is 232 Å². The smallest absolute Gasteiger partial charge is 0.411 e. The third-order valence-electron chi connectivity index (χ3n) is 6.62. The molecule has 2 aromatic heterocycles. The number of rotatable bonds is 9. The fraction of sp³-hybridized carbons (Fsp3) is 0.194. The number of carbonyl (C=O) groups excluding carboxylic acids is 3. The van der Waals surface area contributed by atoms with E-state index in [4.69, 9.17) is 4.74 Å². The van der Waals surface area contributed by atoms with Gasteiger partial charge < -0.3 is 15.4 Å². The molecule has 0 saturated carbocycles. The Morgan fingerprint density at radius 3 is 2.55 bits per heavy atom. The number of aryl methyl sites for hydroxylation is 1. The van der Waals surface area contributed by atoms with Crippen molar-refractivity contribution >= 4 is 23.6 Å². The molecule has 3 heterocycles. The second-order valence-electron chi connectivity index (χ2n) is 9.55. The van der Waals surface area contributed by atoms with Crippen LogP contribution in [0.1, 0.15) is 38.8 Å². The number of carbonyl (C=O) groups is 3. The first-order valence-corrected chi connectivity index (χ1v) is 13.0. The van der Waals surface area contributed by atoms with Crippen molar-refractivity contribution in [3.63, 3.8) is 0 Å².